The minimum absolute atomic E-state index is 0.291. The molecule has 0 spiro atoms. The Kier molecular flexibility index (Phi) is 7.02. The van der Waals surface area contributed by atoms with Crippen molar-refractivity contribution in [1.82, 2.24) is 0 Å². The molecule has 0 aliphatic rings. The van der Waals surface area contributed by atoms with E-state index < -0.39 is 5.97 Å². The molecule has 0 amide bonds. The van der Waals surface area contributed by atoms with Crippen LogP contribution in [0.3, 0.4) is 0 Å². The molecule has 2 aromatic rings. The van der Waals surface area contributed by atoms with Crippen LogP contribution in [0.25, 0.3) is 0 Å². The number of carbonyl (C=O) groups excluding carboxylic acids is 2. The highest BCUT2D eigenvalue weighted by Crippen LogP contribution is 2.28. The summed E-state index contributed by atoms with van der Waals surface area (Å²) in [5.74, 6) is 0.773. The number of benzene rings is 2. The summed E-state index contributed by atoms with van der Waals surface area (Å²) >= 11 is 0. The fourth-order valence-corrected chi connectivity index (χ4v) is 2.25. The van der Waals surface area contributed by atoms with Crippen LogP contribution in [-0.2, 0) is 4.74 Å². The van der Waals surface area contributed by atoms with Gasteiger partial charge in [0.25, 0.3) is 0 Å². The lowest BCUT2D eigenvalue weighted by molar-refractivity contribution is 0.0474. The molecular formula is C20H22O6. The molecule has 0 heterocycles. The highest BCUT2D eigenvalue weighted by atomic mass is 16.5. The number of methoxy groups -OCH3 is 1. The van der Waals surface area contributed by atoms with Gasteiger partial charge in [0.05, 0.1) is 25.9 Å². The molecule has 0 saturated carbocycles. The molecule has 138 valence electrons. The van der Waals surface area contributed by atoms with Crippen LogP contribution in [0.2, 0.25) is 0 Å². The monoisotopic (exact) mass is 358 g/mol. The Morgan fingerprint density at radius 3 is 2.08 bits per heavy atom. The molecule has 2 rings (SSSR count). The van der Waals surface area contributed by atoms with Gasteiger partial charge in [-0.1, -0.05) is 0 Å². The highest BCUT2D eigenvalue weighted by molar-refractivity contribution is 5.99. The number of carbonyl (C=O) groups is 2. The van der Waals surface area contributed by atoms with Crippen molar-refractivity contribution >= 4 is 11.8 Å². The maximum absolute atomic E-state index is 12.2. The topological polar surface area (TPSA) is 71.1 Å². The van der Waals surface area contributed by atoms with Crippen molar-refractivity contribution in [2.45, 2.75) is 13.8 Å². The minimum Gasteiger partial charge on any atom is -0.497 e. The standard InChI is InChI=1S/C20H22O6/c1-4-24-18-11-8-15(12-19(18)25-5-2)20(22)26-13-17(21)14-6-9-16(23-3)10-7-14/h6-12H,4-5,13H2,1-3H3. The van der Waals surface area contributed by atoms with Crippen LogP contribution in [0.15, 0.2) is 42.5 Å². The summed E-state index contributed by atoms with van der Waals surface area (Å²) in [7, 11) is 1.55. The van der Waals surface area contributed by atoms with E-state index in [-0.39, 0.29) is 12.4 Å². The van der Waals surface area contributed by atoms with Crippen LogP contribution in [0.1, 0.15) is 34.6 Å². The van der Waals surface area contributed by atoms with Crippen molar-refractivity contribution in [3.63, 3.8) is 0 Å². The van der Waals surface area contributed by atoms with Crippen molar-refractivity contribution in [1.29, 1.82) is 0 Å². The Labute approximate surface area is 152 Å². The molecule has 0 aliphatic heterocycles. The second kappa shape index (κ2) is 9.46. The van der Waals surface area contributed by atoms with Crippen LogP contribution in [-0.4, -0.2) is 38.7 Å². The zero-order valence-electron chi connectivity index (χ0n) is 15.1. The number of Topliss-reactive ketones (excluding diaryl/α,β-unsaturated/α-hetero) is 1. The molecule has 0 fully saturated rings. The Hall–Kier alpha value is -3.02. The summed E-state index contributed by atoms with van der Waals surface area (Å²) in [5.41, 5.74) is 0.736. The van der Waals surface area contributed by atoms with Gasteiger partial charge >= 0.3 is 5.97 Å². The third kappa shape index (κ3) is 4.99. The van der Waals surface area contributed by atoms with Crippen molar-refractivity contribution in [2.24, 2.45) is 0 Å². The molecule has 0 aromatic heterocycles. The van der Waals surface area contributed by atoms with Gasteiger partial charge in [-0.15, -0.1) is 0 Å². The van der Waals surface area contributed by atoms with Crippen molar-refractivity contribution in [2.75, 3.05) is 26.9 Å². The number of ether oxygens (including phenoxy) is 4. The lowest BCUT2D eigenvalue weighted by atomic mass is 10.1. The Bertz CT molecular complexity index is 751. The van der Waals surface area contributed by atoms with Crippen molar-refractivity contribution in [3.8, 4) is 17.2 Å². The molecule has 0 saturated heterocycles. The number of hydrogen-bond acceptors (Lipinski definition) is 6. The van der Waals surface area contributed by atoms with E-state index in [0.717, 1.165) is 0 Å². The average molecular weight is 358 g/mol. The summed E-state index contributed by atoms with van der Waals surface area (Å²) in [6.45, 7) is 4.29. The van der Waals surface area contributed by atoms with Crippen LogP contribution in [0, 0.1) is 0 Å². The Morgan fingerprint density at radius 2 is 1.46 bits per heavy atom. The number of esters is 1. The van der Waals surface area contributed by atoms with Crippen LogP contribution >= 0.6 is 0 Å². The van der Waals surface area contributed by atoms with Gasteiger partial charge in [-0.05, 0) is 56.3 Å². The van der Waals surface area contributed by atoms with Crippen LogP contribution in [0.4, 0.5) is 0 Å². The quantitative estimate of drug-likeness (QED) is 0.504. The second-order valence-corrected chi connectivity index (χ2v) is 5.26. The first-order chi connectivity index (χ1) is 12.6. The molecule has 26 heavy (non-hydrogen) atoms. The summed E-state index contributed by atoms with van der Waals surface area (Å²) < 4.78 is 21.1. The van der Waals surface area contributed by atoms with Gasteiger partial charge in [-0.3, -0.25) is 4.79 Å². The van der Waals surface area contributed by atoms with Crippen LogP contribution in [0.5, 0.6) is 17.2 Å². The first kappa shape index (κ1) is 19.3. The molecule has 0 atom stereocenters. The maximum atomic E-state index is 12.2. The van der Waals surface area contributed by atoms with Crippen molar-refractivity contribution < 1.29 is 28.5 Å². The minimum atomic E-state index is -0.601. The Balaban J connectivity index is 2.02. The molecule has 6 heteroatoms. The Morgan fingerprint density at radius 1 is 0.846 bits per heavy atom. The van der Waals surface area contributed by atoms with Gasteiger partial charge in [0.15, 0.2) is 23.9 Å². The SMILES string of the molecule is CCOc1ccc(C(=O)OCC(=O)c2ccc(OC)cc2)cc1OCC. The van der Waals surface area contributed by atoms with Gasteiger partial charge in [0, 0.05) is 5.56 Å². The first-order valence-corrected chi connectivity index (χ1v) is 8.33. The predicted molar refractivity (Wildman–Crippen MR) is 96.4 cm³/mol. The zero-order valence-corrected chi connectivity index (χ0v) is 15.1. The predicted octanol–water partition coefficient (Wildman–Crippen LogP) is 3.53. The summed E-state index contributed by atoms with van der Waals surface area (Å²) in [4.78, 5) is 24.3. The second-order valence-electron chi connectivity index (χ2n) is 5.26. The summed E-state index contributed by atoms with van der Waals surface area (Å²) in [6.07, 6.45) is 0. The molecule has 0 radical (unpaired) electrons. The lowest BCUT2D eigenvalue weighted by Crippen LogP contribution is -2.14. The number of rotatable bonds is 9. The molecule has 6 nitrogen and oxygen atoms in total. The van der Waals surface area contributed by atoms with Gasteiger partial charge in [0.1, 0.15) is 5.75 Å². The van der Waals surface area contributed by atoms with E-state index in [1.165, 1.54) is 0 Å². The third-order valence-electron chi connectivity index (χ3n) is 3.53. The molecule has 0 aliphatic carbocycles. The normalized spacial score (nSPS) is 10.1. The molecule has 0 N–H and O–H groups in total. The highest BCUT2D eigenvalue weighted by Gasteiger charge is 2.15. The summed E-state index contributed by atoms with van der Waals surface area (Å²) in [6, 6.07) is 11.4. The van der Waals surface area contributed by atoms with E-state index in [4.69, 9.17) is 18.9 Å². The average Bonchev–Trinajstić information content (AvgIpc) is 2.67. The summed E-state index contributed by atoms with van der Waals surface area (Å²) in [5, 5.41) is 0. The van der Waals surface area contributed by atoms with E-state index >= 15 is 0 Å². The molecule has 2 aromatic carbocycles. The fraction of sp³-hybridized carbons (Fsp3) is 0.300. The van der Waals surface area contributed by atoms with E-state index in [0.29, 0.717) is 41.6 Å². The largest absolute Gasteiger partial charge is 0.497 e. The smallest absolute Gasteiger partial charge is 0.338 e. The van der Waals surface area contributed by atoms with E-state index in [2.05, 4.69) is 0 Å². The molecule has 0 unspecified atom stereocenters. The third-order valence-corrected chi connectivity index (χ3v) is 3.53. The van der Waals surface area contributed by atoms with Gasteiger partial charge in [0.2, 0.25) is 0 Å². The number of hydrogen-bond donors (Lipinski definition) is 0. The van der Waals surface area contributed by atoms with E-state index in [1.54, 1.807) is 49.6 Å². The first-order valence-electron chi connectivity index (χ1n) is 8.33. The number of ketones is 1. The van der Waals surface area contributed by atoms with Crippen molar-refractivity contribution in [3.05, 3.63) is 53.6 Å². The molecule has 0 bridgehead atoms. The van der Waals surface area contributed by atoms with Gasteiger partial charge < -0.3 is 18.9 Å². The van der Waals surface area contributed by atoms with Gasteiger partial charge in [-0.25, -0.2) is 4.79 Å². The fourth-order valence-electron chi connectivity index (χ4n) is 2.25. The van der Waals surface area contributed by atoms with E-state index in [1.807, 2.05) is 13.8 Å². The molecular weight excluding hydrogens is 336 g/mol. The maximum Gasteiger partial charge on any atom is 0.338 e. The lowest BCUT2D eigenvalue weighted by Gasteiger charge is -2.12. The van der Waals surface area contributed by atoms with E-state index in [9.17, 15) is 9.59 Å². The zero-order chi connectivity index (χ0) is 18.9. The van der Waals surface area contributed by atoms with Gasteiger partial charge in [-0.2, -0.15) is 0 Å². The van der Waals surface area contributed by atoms with Crippen LogP contribution < -0.4 is 14.2 Å².